The number of halogens is 1. The molecule has 0 aromatic carbocycles. The van der Waals surface area contributed by atoms with Crippen LogP contribution in [0.5, 0.6) is 0 Å². The van der Waals surface area contributed by atoms with Gasteiger partial charge in [-0.3, -0.25) is 0 Å². The Morgan fingerprint density at radius 2 is 2.36 bits per heavy atom. The van der Waals surface area contributed by atoms with E-state index in [-0.39, 0.29) is 0 Å². The molecule has 0 fully saturated rings. The zero-order valence-corrected chi connectivity index (χ0v) is 9.94. The number of hydrogen-bond acceptors (Lipinski definition) is 4. The Balaban J connectivity index is 2.91. The third-order valence-electron chi connectivity index (χ3n) is 2.05. The van der Waals surface area contributed by atoms with E-state index in [2.05, 4.69) is 0 Å². The van der Waals surface area contributed by atoms with Crippen LogP contribution in [0.2, 0.25) is 6.32 Å². The average Bonchev–Trinajstić information content (AvgIpc) is 2.45. The standard InChI is InChI=1S/C6H11BClNO3S2/c7-2-4(10)3-1-5(8)13-6(3)14(9,11)12/h1,3-4,6,10H,2,7H2,(H2,9,11,12)/t3?,4-,6?/m1/s1. The van der Waals surface area contributed by atoms with Crippen molar-refractivity contribution in [3.63, 3.8) is 0 Å². The molecule has 1 heterocycles. The second-order valence-electron chi connectivity index (χ2n) is 3.10. The number of aliphatic hydroxyl groups is 1. The molecule has 1 aliphatic rings. The molecule has 0 saturated heterocycles. The molecule has 0 aromatic heterocycles. The second-order valence-corrected chi connectivity index (χ2v) is 6.90. The van der Waals surface area contributed by atoms with E-state index in [1.165, 1.54) is 0 Å². The lowest BCUT2D eigenvalue weighted by Gasteiger charge is -2.20. The van der Waals surface area contributed by atoms with Crippen molar-refractivity contribution >= 4 is 41.2 Å². The number of aliphatic hydroxyl groups excluding tert-OH is 1. The van der Waals surface area contributed by atoms with Crippen LogP contribution in [0.3, 0.4) is 0 Å². The van der Waals surface area contributed by atoms with Crippen LogP contribution in [-0.2, 0) is 10.0 Å². The fourth-order valence-electron chi connectivity index (χ4n) is 1.31. The zero-order valence-electron chi connectivity index (χ0n) is 7.55. The molecule has 80 valence electrons. The number of nitrogens with two attached hydrogens (primary N) is 1. The van der Waals surface area contributed by atoms with Crippen molar-refractivity contribution in [1.29, 1.82) is 0 Å². The number of thioether (sulfide) groups is 1. The summed E-state index contributed by atoms with van der Waals surface area (Å²) in [7, 11) is -1.90. The third kappa shape index (κ3) is 2.67. The van der Waals surface area contributed by atoms with Gasteiger partial charge in [0.1, 0.15) is 12.4 Å². The highest BCUT2D eigenvalue weighted by atomic mass is 35.5. The van der Waals surface area contributed by atoms with Gasteiger partial charge in [-0.05, 0) is 0 Å². The summed E-state index contributed by atoms with van der Waals surface area (Å²) < 4.78 is 21.8. The molecule has 0 bridgehead atoms. The highest BCUT2D eigenvalue weighted by Gasteiger charge is 2.39. The molecular weight excluding hydrogens is 244 g/mol. The smallest absolute Gasteiger partial charge is 0.222 e. The molecule has 4 nitrogen and oxygen atoms in total. The molecule has 1 rings (SSSR count). The molecule has 0 amide bonds. The van der Waals surface area contributed by atoms with Gasteiger partial charge in [-0.2, -0.15) is 0 Å². The average molecular weight is 256 g/mol. The summed E-state index contributed by atoms with van der Waals surface area (Å²) in [6, 6.07) is 0. The number of primary sulfonamides is 1. The zero-order chi connectivity index (χ0) is 10.9. The summed E-state index contributed by atoms with van der Waals surface area (Å²) in [6.45, 7) is 0. The van der Waals surface area contributed by atoms with Crippen LogP contribution in [0.4, 0.5) is 0 Å². The molecule has 3 N–H and O–H groups in total. The Morgan fingerprint density at radius 3 is 2.79 bits per heavy atom. The molecule has 0 saturated carbocycles. The van der Waals surface area contributed by atoms with E-state index in [0.717, 1.165) is 11.8 Å². The first kappa shape index (κ1) is 12.4. The minimum Gasteiger partial charge on any atom is -0.393 e. The van der Waals surface area contributed by atoms with Crippen molar-refractivity contribution in [3.8, 4) is 0 Å². The van der Waals surface area contributed by atoms with E-state index in [1.807, 2.05) is 0 Å². The Hall–Kier alpha value is 0.315. The minimum absolute atomic E-state index is 0.376. The topological polar surface area (TPSA) is 80.4 Å². The van der Waals surface area contributed by atoms with Gasteiger partial charge in [-0.1, -0.05) is 35.8 Å². The van der Waals surface area contributed by atoms with E-state index in [4.69, 9.17) is 16.7 Å². The lowest BCUT2D eigenvalue weighted by molar-refractivity contribution is 0.156. The quantitative estimate of drug-likeness (QED) is 0.664. The van der Waals surface area contributed by atoms with Crippen LogP contribution >= 0.6 is 23.4 Å². The van der Waals surface area contributed by atoms with Gasteiger partial charge in [-0.15, -0.1) is 0 Å². The Labute approximate surface area is 93.3 Å². The van der Waals surface area contributed by atoms with E-state index >= 15 is 0 Å². The van der Waals surface area contributed by atoms with Crippen LogP contribution in [0.1, 0.15) is 0 Å². The van der Waals surface area contributed by atoms with Gasteiger partial charge in [0.15, 0.2) is 0 Å². The van der Waals surface area contributed by atoms with Gasteiger partial charge in [0.25, 0.3) is 0 Å². The largest absolute Gasteiger partial charge is 0.393 e. The molecule has 2 unspecified atom stereocenters. The third-order valence-corrected chi connectivity index (χ3v) is 5.41. The SMILES string of the molecule is BC[C@@H](O)C1C=C(Cl)SC1S(N)(=O)=O. The maximum absolute atomic E-state index is 11.2. The minimum atomic E-state index is -3.67. The monoisotopic (exact) mass is 255 g/mol. The fourth-order valence-corrected chi connectivity index (χ4v) is 4.32. The maximum atomic E-state index is 11.2. The van der Waals surface area contributed by atoms with Crippen LogP contribution < -0.4 is 5.14 Å². The number of hydrogen-bond donors (Lipinski definition) is 2. The maximum Gasteiger partial charge on any atom is 0.222 e. The molecule has 0 spiro atoms. The van der Waals surface area contributed by atoms with Crippen LogP contribution in [0.15, 0.2) is 10.4 Å². The molecule has 3 atom stereocenters. The molecule has 0 aliphatic carbocycles. The Bertz CT molecular complexity index is 345. The van der Waals surface area contributed by atoms with E-state index < -0.39 is 26.6 Å². The predicted octanol–water partition coefficient (Wildman–Crippen LogP) is -0.544. The normalized spacial score (nSPS) is 30.1. The van der Waals surface area contributed by atoms with Gasteiger partial charge in [-0.25, -0.2) is 13.6 Å². The van der Waals surface area contributed by atoms with Gasteiger partial charge in [0.2, 0.25) is 10.0 Å². The van der Waals surface area contributed by atoms with Crippen LogP contribution in [-0.4, -0.2) is 32.1 Å². The first-order chi connectivity index (χ1) is 6.36. The van der Waals surface area contributed by atoms with E-state index in [0.29, 0.717) is 10.7 Å². The summed E-state index contributed by atoms with van der Waals surface area (Å²) >= 11 is 6.68. The molecule has 8 heteroatoms. The summed E-state index contributed by atoms with van der Waals surface area (Å²) in [4.78, 5) is 0. The van der Waals surface area contributed by atoms with Gasteiger partial charge in [0, 0.05) is 5.92 Å². The van der Waals surface area contributed by atoms with Crippen molar-refractivity contribution in [2.45, 2.75) is 17.0 Å². The highest BCUT2D eigenvalue weighted by molar-refractivity contribution is 8.16. The van der Waals surface area contributed by atoms with Crippen molar-refractivity contribution in [2.75, 3.05) is 0 Å². The first-order valence-electron chi connectivity index (χ1n) is 4.10. The summed E-state index contributed by atoms with van der Waals surface area (Å²) in [5.74, 6) is -0.507. The van der Waals surface area contributed by atoms with Gasteiger partial charge in [0.05, 0.1) is 10.5 Å². The molecular formula is C6H11BClNO3S2. The highest BCUT2D eigenvalue weighted by Crippen LogP contribution is 2.42. The lowest BCUT2D eigenvalue weighted by Crippen LogP contribution is -2.35. The van der Waals surface area contributed by atoms with Crippen LogP contribution in [0, 0.1) is 5.92 Å². The molecule has 14 heavy (non-hydrogen) atoms. The summed E-state index contributed by atoms with van der Waals surface area (Å²) in [5, 5.41) is 14.6. The van der Waals surface area contributed by atoms with Crippen molar-refractivity contribution in [2.24, 2.45) is 11.1 Å². The molecule has 0 aromatic rings. The fraction of sp³-hybridized carbons (Fsp3) is 0.667. The van der Waals surface area contributed by atoms with Gasteiger partial charge < -0.3 is 5.11 Å². The van der Waals surface area contributed by atoms with Crippen LogP contribution in [0.25, 0.3) is 0 Å². The van der Waals surface area contributed by atoms with Gasteiger partial charge >= 0.3 is 0 Å². The van der Waals surface area contributed by atoms with Crippen molar-refractivity contribution < 1.29 is 13.5 Å². The number of rotatable bonds is 3. The Morgan fingerprint density at radius 1 is 1.79 bits per heavy atom. The molecule has 0 radical (unpaired) electrons. The summed E-state index contributed by atoms with van der Waals surface area (Å²) in [6.07, 6.45) is 1.30. The number of sulfonamides is 1. The predicted molar refractivity (Wildman–Crippen MR) is 61.3 cm³/mol. The molecule has 1 aliphatic heterocycles. The first-order valence-corrected chi connectivity index (χ1v) is 6.96. The second kappa shape index (κ2) is 4.44. The Kier molecular flexibility index (Phi) is 3.93. The van der Waals surface area contributed by atoms with E-state index in [1.54, 1.807) is 13.9 Å². The lowest BCUT2D eigenvalue weighted by atomic mass is 9.91. The van der Waals surface area contributed by atoms with Crippen molar-refractivity contribution in [1.82, 2.24) is 0 Å². The van der Waals surface area contributed by atoms with E-state index in [9.17, 15) is 13.5 Å². The summed E-state index contributed by atoms with van der Waals surface area (Å²) in [5.41, 5.74) is 0. The van der Waals surface area contributed by atoms with Crippen molar-refractivity contribution in [3.05, 3.63) is 10.4 Å².